The number of halogens is 4. The lowest BCUT2D eigenvalue weighted by Crippen LogP contribution is -2.38. The van der Waals surface area contributed by atoms with Crippen molar-refractivity contribution in [1.29, 1.82) is 0 Å². The molecule has 0 spiro atoms. The fourth-order valence-corrected chi connectivity index (χ4v) is 3.00. The molecule has 1 saturated carbocycles. The van der Waals surface area contributed by atoms with E-state index in [1.54, 1.807) is 0 Å². The summed E-state index contributed by atoms with van der Waals surface area (Å²) in [5.74, 6) is 0. The molecular formula is C14H17BrF3NO. The van der Waals surface area contributed by atoms with Crippen molar-refractivity contribution < 1.29 is 18.3 Å². The molecule has 1 aliphatic carbocycles. The van der Waals surface area contributed by atoms with Crippen LogP contribution in [0, 0.1) is 0 Å². The van der Waals surface area contributed by atoms with Gasteiger partial charge in [0, 0.05) is 16.7 Å². The van der Waals surface area contributed by atoms with E-state index in [1.807, 2.05) is 0 Å². The predicted octanol–water partition coefficient (Wildman–Crippen LogP) is 4.58. The molecule has 2 rings (SSSR count). The molecule has 0 atom stereocenters. The molecule has 2 nitrogen and oxygen atoms in total. The van der Waals surface area contributed by atoms with Crippen molar-refractivity contribution in [3.8, 4) is 0 Å². The minimum absolute atomic E-state index is 0.353. The Morgan fingerprint density at radius 3 is 2.40 bits per heavy atom. The molecule has 0 radical (unpaired) electrons. The van der Waals surface area contributed by atoms with Crippen molar-refractivity contribution in [3.05, 3.63) is 28.2 Å². The van der Waals surface area contributed by atoms with Crippen LogP contribution in [0.5, 0.6) is 0 Å². The van der Waals surface area contributed by atoms with Crippen molar-refractivity contribution in [1.82, 2.24) is 0 Å². The van der Waals surface area contributed by atoms with E-state index in [0.717, 1.165) is 44.2 Å². The van der Waals surface area contributed by atoms with Crippen molar-refractivity contribution in [3.63, 3.8) is 0 Å². The highest BCUT2D eigenvalue weighted by Crippen LogP contribution is 2.35. The first-order valence-electron chi connectivity index (χ1n) is 6.63. The summed E-state index contributed by atoms with van der Waals surface area (Å²) < 4.78 is 38.0. The van der Waals surface area contributed by atoms with Gasteiger partial charge in [0.2, 0.25) is 0 Å². The first kappa shape index (κ1) is 15.6. The van der Waals surface area contributed by atoms with E-state index >= 15 is 0 Å². The minimum Gasteiger partial charge on any atom is -0.388 e. The zero-order chi connectivity index (χ0) is 14.8. The van der Waals surface area contributed by atoms with Gasteiger partial charge in [-0.25, -0.2) is 0 Å². The van der Waals surface area contributed by atoms with Gasteiger partial charge in [-0.2, -0.15) is 13.2 Å². The number of hydrogen-bond acceptors (Lipinski definition) is 2. The summed E-state index contributed by atoms with van der Waals surface area (Å²) in [6, 6.07) is 3.48. The topological polar surface area (TPSA) is 32.3 Å². The summed E-state index contributed by atoms with van der Waals surface area (Å²) in [5.41, 5.74) is -0.872. The lowest BCUT2D eigenvalue weighted by molar-refractivity contribution is -0.137. The lowest BCUT2D eigenvalue weighted by atomic mass is 9.85. The Bertz CT molecular complexity index is 470. The Hall–Kier alpha value is -0.750. The Morgan fingerprint density at radius 1 is 1.20 bits per heavy atom. The molecule has 0 heterocycles. The number of alkyl halides is 3. The Morgan fingerprint density at radius 2 is 1.85 bits per heavy atom. The van der Waals surface area contributed by atoms with Crippen LogP contribution in [0.1, 0.15) is 37.7 Å². The number of aliphatic hydroxyl groups is 1. The molecule has 1 aromatic rings. The van der Waals surface area contributed by atoms with Gasteiger partial charge in [0.15, 0.2) is 0 Å². The Labute approximate surface area is 124 Å². The highest BCUT2D eigenvalue weighted by atomic mass is 79.9. The van der Waals surface area contributed by atoms with Crippen LogP contribution in [0.15, 0.2) is 22.7 Å². The highest BCUT2D eigenvalue weighted by Gasteiger charge is 2.31. The van der Waals surface area contributed by atoms with Crippen LogP contribution in [0.3, 0.4) is 0 Å². The third-order valence-corrected chi connectivity index (χ3v) is 4.34. The molecule has 0 amide bonds. The molecule has 1 fully saturated rings. The molecule has 0 unspecified atom stereocenters. The van der Waals surface area contributed by atoms with E-state index in [9.17, 15) is 18.3 Å². The molecule has 0 aromatic heterocycles. The maximum absolute atomic E-state index is 12.6. The van der Waals surface area contributed by atoms with Crippen LogP contribution < -0.4 is 5.32 Å². The molecule has 2 N–H and O–H groups in total. The van der Waals surface area contributed by atoms with E-state index in [1.165, 1.54) is 6.07 Å². The largest absolute Gasteiger partial charge is 0.416 e. The molecular weight excluding hydrogens is 335 g/mol. The quantitative estimate of drug-likeness (QED) is 0.835. The molecule has 1 aliphatic rings. The smallest absolute Gasteiger partial charge is 0.388 e. The zero-order valence-electron chi connectivity index (χ0n) is 10.9. The van der Waals surface area contributed by atoms with E-state index in [0.29, 0.717) is 16.7 Å². The monoisotopic (exact) mass is 351 g/mol. The second kappa shape index (κ2) is 5.93. The molecule has 0 aliphatic heterocycles. The van der Waals surface area contributed by atoms with E-state index < -0.39 is 17.3 Å². The maximum atomic E-state index is 12.6. The number of hydrogen-bond donors (Lipinski definition) is 2. The van der Waals surface area contributed by atoms with Crippen LogP contribution in [0.25, 0.3) is 0 Å². The van der Waals surface area contributed by atoms with Crippen LogP contribution in [0.2, 0.25) is 0 Å². The van der Waals surface area contributed by atoms with E-state index in [2.05, 4.69) is 21.2 Å². The number of rotatable bonds is 3. The van der Waals surface area contributed by atoms with Gasteiger partial charge in [0.25, 0.3) is 0 Å². The van der Waals surface area contributed by atoms with Crippen LogP contribution in [0.4, 0.5) is 18.9 Å². The zero-order valence-corrected chi connectivity index (χ0v) is 12.5. The Balaban J connectivity index is 2.03. The molecule has 0 saturated heterocycles. The fraction of sp³-hybridized carbons (Fsp3) is 0.571. The maximum Gasteiger partial charge on any atom is 0.416 e. The van der Waals surface area contributed by atoms with Gasteiger partial charge in [0.1, 0.15) is 0 Å². The second-order valence-corrected chi connectivity index (χ2v) is 6.19. The summed E-state index contributed by atoms with van der Waals surface area (Å²) in [6.45, 7) is 0.358. The van der Waals surface area contributed by atoms with Crippen molar-refractivity contribution >= 4 is 21.6 Å². The standard InChI is InChI=1S/C14H17BrF3NO/c15-11-8-10(14(16,17)18)4-5-12(11)19-9-13(20)6-2-1-3-7-13/h4-5,8,19-20H,1-3,6-7,9H2. The highest BCUT2D eigenvalue weighted by molar-refractivity contribution is 9.10. The van der Waals surface area contributed by atoms with Crippen LogP contribution >= 0.6 is 15.9 Å². The SMILES string of the molecule is OC1(CNc2ccc(C(F)(F)F)cc2Br)CCCCC1. The van der Waals surface area contributed by atoms with Gasteiger partial charge in [-0.05, 0) is 47.0 Å². The number of nitrogens with one attached hydrogen (secondary N) is 1. The molecule has 20 heavy (non-hydrogen) atoms. The molecule has 1 aromatic carbocycles. The third kappa shape index (κ3) is 3.88. The first-order valence-corrected chi connectivity index (χ1v) is 7.42. The van der Waals surface area contributed by atoms with Crippen molar-refractivity contribution in [2.75, 3.05) is 11.9 Å². The molecule has 112 valence electrons. The average Bonchev–Trinajstić information content (AvgIpc) is 2.37. The van der Waals surface area contributed by atoms with E-state index in [-0.39, 0.29) is 0 Å². The first-order chi connectivity index (χ1) is 9.30. The van der Waals surface area contributed by atoms with Crippen LogP contribution in [-0.2, 0) is 6.18 Å². The third-order valence-electron chi connectivity index (χ3n) is 3.69. The molecule has 0 bridgehead atoms. The van der Waals surface area contributed by atoms with Gasteiger partial charge < -0.3 is 10.4 Å². The number of benzene rings is 1. The van der Waals surface area contributed by atoms with Crippen molar-refractivity contribution in [2.24, 2.45) is 0 Å². The summed E-state index contributed by atoms with van der Waals surface area (Å²) in [5, 5.41) is 13.4. The number of anilines is 1. The van der Waals surface area contributed by atoms with Gasteiger partial charge >= 0.3 is 6.18 Å². The predicted molar refractivity (Wildman–Crippen MR) is 75.7 cm³/mol. The minimum atomic E-state index is -4.34. The summed E-state index contributed by atoms with van der Waals surface area (Å²) in [6.07, 6.45) is 0.240. The lowest BCUT2D eigenvalue weighted by Gasteiger charge is -2.32. The fourth-order valence-electron chi connectivity index (χ4n) is 2.48. The van der Waals surface area contributed by atoms with Gasteiger partial charge in [-0.15, -0.1) is 0 Å². The Kier molecular flexibility index (Phi) is 4.64. The van der Waals surface area contributed by atoms with Gasteiger partial charge in [0.05, 0.1) is 11.2 Å². The normalized spacial score (nSPS) is 18.9. The average molecular weight is 352 g/mol. The second-order valence-electron chi connectivity index (χ2n) is 5.33. The van der Waals surface area contributed by atoms with Gasteiger partial charge in [-0.1, -0.05) is 19.3 Å². The van der Waals surface area contributed by atoms with E-state index in [4.69, 9.17) is 0 Å². The summed E-state index contributed by atoms with van der Waals surface area (Å²) in [4.78, 5) is 0. The van der Waals surface area contributed by atoms with Crippen molar-refractivity contribution in [2.45, 2.75) is 43.9 Å². The molecule has 6 heteroatoms. The summed E-state index contributed by atoms with van der Waals surface area (Å²) in [7, 11) is 0. The summed E-state index contributed by atoms with van der Waals surface area (Å²) >= 11 is 3.14. The van der Waals surface area contributed by atoms with Crippen LogP contribution in [-0.4, -0.2) is 17.3 Å². The van der Waals surface area contributed by atoms with Gasteiger partial charge in [-0.3, -0.25) is 0 Å².